The minimum Gasteiger partial charge on any atom is -0.384 e. The number of amides is 1. The van der Waals surface area contributed by atoms with Crippen LogP contribution in [0.25, 0.3) is 0 Å². The number of carbonyl (C=O) groups excluding carboxylic acids is 1. The van der Waals surface area contributed by atoms with E-state index in [4.69, 9.17) is 4.74 Å². The molecule has 2 atom stereocenters. The maximum atomic E-state index is 11.7. The molecular formula is C10H20N2O2. The topological polar surface area (TPSA) is 41.6 Å². The molecule has 1 amide bonds. The van der Waals surface area contributed by atoms with E-state index >= 15 is 0 Å². The van der Waals surface area contributed by atoms with Crippen LogP contribution in [-0.4, -0.2) is 49.7 Å². The molecule has 4 heteroatoms. The van der Waals surface area contributed by atoms with Gasteiger partial charge in [-0.2, -0.15) is 0 Å². The monoisotopic (exact) mass is 200 g/mol. The summed E-state index contributed by atoms with van der Waals surface area (Å²) in [7, 11) is 1.62. The Morgan fingerprint density at radius 1 is 1.57 bits per heavy atom. The molecule has 1 fully saturated rings. The first-order chi connectivity index (χ1) is 6.66. The molecule has 1 heterocycles. The molecule has 0 radical (unpaired) electrons. The van der Waals surface area contributed by atoms with E-state index in [0.29, 0.717) is 19.1 Å². The van der Waals surface area contributed by atoms with Crippen molar-refractivity contribution in [1.82, 2.24) is 10.2 Å². The van der Waals surface area contributed by atoms with E-state index < -0.39 is 0 Å². The first-order valence-corrected chi connectivity index (χ1v) is 5.18. The number of hydrogen-bond donors (Lipinski definition) is 1. The summed E-state index contributed by atoms with van der Waals surface area (Å²) in [4.78, 5) is 13.7. The van der Waals surface area contributed by atoms with Gasteiger partial charge in [-0.25, -0.2) is 0 Å². The lowest BCUT2D eigenvalue weighted by Crippen LogP contribution is -2.57. The van der Waals surface area contributed by atoms with E-state index in [9.17, 15) is 4.79 Å². The largest absolute Gasteiger partial charge is 0.384 e. The van der Waals surface area contributed by atoms with Crippen molar-refractivity contribution in [1.29, 1.82) is 0 Å². The summed E-state index contributed by atoms with van der Waals surface area (Å²) >= 11 is 0. The quantitative estimate of drug-likeness (QED) is 0.709. The molecule has 0 bridgehead atoms. The van der Waals surface area contributed by atoms with Gasteiger partial charge >= 0.3 is 0 Å². The summed E-state index contributed by atoms with van der Waals surface area (Å²) in [6, 6.07) is 0.670. The normalized spacial score (nSPS) is 27.8. The SMILES string of the molecule is COCCC(=O)N1CCNC(C)C1C. The van der Waals surface area contributed by atoms with Crippen LogP contribution in [0.2, 0.25) is 0 Å². The molecule has 82 valence electrons. The zero-order valence-corrected chi connectivity index (χ0v) is 9.25. The number of methoxy groups -OCH3 is 1. The van der Waals surface area contributed by atoms with Crippen molar-refractivity contribution in [3.05, 3.63) is 0 Å². The molecule has 0 aliphatic carbocycles. The van der Waals surface area contributed by atoms with Gasteiger partial charge < -0.3 is 15.0 Å². The van der Waals surface area contributed by atoms with Gasteiger partial charge in [0.15, 0.2) is 0 Å². The van der Waals surface area contributed by atoms with Gasteiger partial charge in [0.25, 0.3) is 0 Å². The van der Waals surface area contributed by atoms with Crippen molar-refractivity contribution >= 4 is 5.91 Å². The van der Waals surface area contributed by atoms with Gasteiger partial charge in [0.1, 0.15) is 0 Å². The fourth-order valence-corrected chi connectivity index (χ4v) is 1.74. The van der Waals surface area contributed by atoms with E-state index in [2.05, 4.69) is 19.2 Å². The standard InChI is InChI=1S/C10H20N2O2/c1-8-9(2)12(6-5-11-8)10(13)4-7-14-3/h8-9,11H,4-7H2,1-3H3. The molecule has 1 N–H and O–H groups in total. The summed E-state index contributed by atoms with van der Waals surface area (Å²) in [5, 5.41) is 3.35. The van der Waals surface area contributed by atoms with Crippen LogP contribution in [0.15, 0.2) is 0 Å². The van der Waals surface area contributed by atoms with E-state index in [1.54, 1.807) is 7.11 Å². The van der Waals surface area contributed by atoms with Crippen molar-refractivity contribution in [3.8, 4) is 0 Å². The lowest BCUT2D eigenvalue weighted by molar-refractivity contribution is -0.135. The van der Waals surface area contributed by atoms with Gasteiger partial charge in [-0.05, 0) is 13.8 Å². The summed E-state index contributed by atoms with van der Waals surface area (Å²) in [5.74, 6) is 0.202. The zero-order chi connectivity index (χ0) is 10.6. The maximum absolute atomic E-state index is 11.7. The molecular weight excluding hydrogens is 180 g/mol. The van der Waals surface area contributed by atoms with Crippen molar-refractivity contribution in [3.63, 3.8) is 0 Å². The van der Waals surface area contributed by atoms with Gasteiger partial charge in [0.05, 0.1) is 13.0 Å². The first kappa shape index (κ1) is 11.5. The molecule has 0 aromatic rings. The Kier molecular flexibility index (Phi) is 4.35. The van der Waals surface area contributed by atoms with Crippen LogP contribution >= 0.6 is 0 Å². The predicted molar refractivity (Wildman–Crippen MR) is 55.1 cm³/mol. The van der Waals surface area contributed by atoms with Gasteiger partial charge in [-0.3, -0.25) is 4.79 Å². The number of piperazine rings is 1. The van der Waals surface area contributed by atoms with Crippen LogP contribution in [0.3, 0.4) is 0 Å². The third-order valence-corrected chi connectivity index (χ3v) is 2.87. The van der Waals surface area contributed by atoms with Crippen molar-refractivity contribution in [2.45, 2.75) is 32.4 Å². The van der Waals surface area contributed by atoms with Crippen molar-refractivity contribution in [2.24, 2.45) is 0 Å². The Balaban J connectivity index is 2.44. The zero-order valence-electron chi connectivity index (χ0n) is 9.25. The smallest absolute Gasteiger partial charge is 0.225 e. The van der Waals surface area contributed by atoms with E-state index in [0.717, 1.165) is 13.1 Å². The molecule has 0 spiro atoms. The molecule has 4 nitrogen and oxygen atoms in total. The maximum Gasteiger partial charge on any atom is 0.225 e. The average Bonchev–Trinajstić information content (AvgIpc) is 2.18. The second kappa shape index (κ2) is 5.32. The van der Waals surface area contributed by atoms with Crippen LogP contribution in [0.5, 0.6) is 0 Å². The highest BCUT2D eigenvalue weighted by atomic mass is 16.5. The van der Waals surface area contributed by atoms with Gasteiger partial charge in [0, 0.05) is 32.3 Å². The summed E-state index contributed by atoms with van der Waals surface area (Å²) in [6.45, 7) is 6.42. The Morgan fingerprint density at radius 2 is 2.29 bits per heavy atom. The highest BCUT2D eigenvalue weighted by molar-refractivity contribution is 5.76. The molecule has 0 aromatic heterocycles. The lowest BCUT2D eigenvalue weighted by atomic mass is 10.1. The highest BCUT2D eigenvalue weighted by Gasteiger charge is 2.27. The highest BCUT2D eigenvalue weighted by Crippen LogP contribution is 2.10. The third-order valence-electron chi connectivity index (χ3n) is 2.87. The van der Waals surface area contributed by atoms with Crippen LogP contribution in [0.1, 0.15) is 20.3 Å². The molecule has 1 aliphatic heterocycles. The van der Waals surface area contributed by atoms with Crippen LogP contribution in [0, 0.1) is 0 Å². The van der Waals surface area contributed by atoms with E-state index in [-0.39, 0.29) is 11.9 Å². The van der Waals surface area contributed by atoms with Crippen molar-refractivity contribution in [2.75, 3.05) is 26.8 Å². The third kappa shape index (κ3) is 2.69. The Hall–Kier alpha value is -0.610. The second-order valence-electron chi connectivity index (χ2n) is 3.81. The fraction of sp³-hybridized carbons (Fsp3) is 0.900. The minimum atomic E-state index is 0.202. The van der Waals surface area contributed by atoms with Gasteiger partial charge in [-0.1, -0.05) is 0 Å². The van der Waals surface area contributed by atoms with Crippen molar-refractivity contribution < 1.29 is 9.53 Å². The number of carbonyl (C=O) groups is 1. The molecule has 0 aromatic carbocycles. The lowest BCUT2D eigenvalue weighted by Gasteiger charge is -2.38. The second-order valence-corrected chi connectivity index (χ2v) is 3.81. The van der Waals surface area contributed by atoms with Crippen LogP contribution in [0.4, 0.5) is 0 Å². The molecule has 1 rings (SSSR count). The Bertz CT molecular complexity index is 197. The number of ether oxygens (including phenoxy) is 1. The van der Waals surface area contributed by atoms with Crippen LogP contribution < -0.4 is 5.32 Å². The summed E-state index contributed by atoms with van der Waals surface area (Å²) in [5.41, 5.74) is 0. The molecule has 1 aliphatic rings. The Morgan fingerprint density at radius 3 is 2.93 bits per heavy atom. The molecule has 0 saturated carbocycles. The summed E-state index contributed by atoms with van der Waals surface area (Å²) < 4.78 is 4.90. The number of hydrogen-bond acceptors (Lipinski definition) is 3. The van der Waals surface area contributed by atoms with Gasteiger partial charge in [-0.15, -0.1) is 0 Å². The van der Waals surface area contributed by atoms with E-state index in [1.165, 1.54) is 0 Å². The predicted octanol–water partition coefficient (Wildman–Crippen LogP) is 0.232. The minimum absolute atomic E-state index is 0.202. The summed E-state index contributed by atoms with van der Waals surface area (Å²) in [6.07, 6.45) is 0.494. The molecule has 2 unspecified atom stereocenters. The fourth-order valence-electron chi connectivity index (χ4n) is 1.74. The molecule has 1 saturated heterocycles. The molecule has 14 heavy (non-hydrogen) atoms. The van der Waals surface area contributed by atoms with Gasteiger partial charge in [0.2, 0.25) is 5.91 Å². The number of rotatable bonds is 3. The van der Waals surface area contributed by atoms with Crippen LogP contribution in [-0.2, 0) is 9.53 Å². The average molecular weight is 200 g/mol. The first-order valence-electron chi connectivity index (χ1n) is 5.18. The Labute approximate surface area is 85.6 Å². The number of nitrogens with one attached hydrogen (secondary N) is 1. The van der Waals surface area contributed by atoms with E-state index in [1.807, 2.05) is 4.90 Å². The number of nitrogens with zero attached hydrogens (tertiary/aromatic N) is 1.